The van der Waals surface area contributed by atoms with E-state index in [0.717, 1.165) is 7.11 Å². The van der Waals surface area contributed by atoms with Crippen LogP contribution in [-0.2, 0) is 0 Å². The Morgan fingerprint density at radius 2 is 0.833 bits per heavy atom. The largest absolute Gasteiger partial charge is 0.857 e. The van der Waals surface area contributed by atoms with E-state index in [1.165, 1.54) is 0 Å². The fraction of sp³-hybridized carbons (Fsp3) is 1.00. The van der Waals surface area contributed by atoms with Crippen molar-refractivity contribution in [1.29, 1.82) is 0 Å². The Bertz CT molecular complexity index is 7.51. The Balaban J connectivity index is -0.000000000833. The summed E-state index contributed by atoms with van der Waals surface area (Å²) in [6.45, 7) is 0. The van der Waals surface area contributed by atoms with Gasteiger partial charge in [0.2, 0.25) is 0 Å². The molecule has 0 aliphatic carbocycles. The molecule has 0 aromatic heterocycles. The molecule has 0 rings (SSSR count). The van der Waals surface area contributed by atoms with E-state index in [1.807, 2.05) is 0 Å². The summed E-state index contributed by atoms with van der Waals surface area (Å²) >= 11 is 0. The fourth-order valence-corrected chi connectivity index (χ4v) is 0. The van der Waals surface area contributed by atoms with Crippen molar-refractivity contribution in [2.75, 3.05) is 7.11 Å². The average Bonchev–Trinajstić information content (AvgIpc) is 1.00. The minimum atomic E-state index is 0. The predicted molar refractivity (Wildman–Crippen MR) is 31.9 cm³/mol. The Morgan fingerprint density at radius 1 is 0.833 bits per heavy atom. The second-order valence-electron chi connectivity index (χ2n) is 0. The van der Waals surface area contributed by atoms with Crippen molar-refractivity contribution in [3.8, 4) is 0 Å². The number of hydrogen-bond acceptors (Lipinski definition) is 1. The first-order chi connectivity index (χ1) is 1.00. The predicted octanol–water partition coefficient (Wildman–Crippen LogP) is 0.504. The van der Waals surface area contributed by atoms with Crippen LogP contribution < -0.4 is 5.11 Å². The van der Waals surface area contributed by atoms with Crippen molar-refractivity contribution in [3.05, 3.63) is 0 Å². The third-order valence-corrected chi connectivity index (χ3v) is 0. The van der Waals surface area contributed by atoms with Crippen molar-refractivity contribution in [2.24, 2.45) is 0 Å². The van der Waals surface area contributed by atoms with Crippen molar-refractivity contribution < 1.29 is 5.11 Å². The third kappa shape index (κ3) is 117. The van der Waals surface area contributed by atoms with E-state index in [1.54, 1.807) is 0 Å². The summed E-state index contributed by atoms with van der Waals surface area (Å²) in [7, 11) is 0.750. The maximum absolute atomic E-state index is 8.25. The van der Waals surface area contributed by atoms with Crippen LogP contribution in [0.15, 0.2) is 0 Å². The molecule has 0 aliphatic rings. The molecule has 0 bridgehead atoms. The summed E-state index contributed by atoms with van der Waals surface area (Å²) in [6, 6.07) is 0. The van der Waals surface area contributed by atoms with E-state index in [2.05, 4.69) is 0 Å². The second kappa shape index (κ2) is 227. The number of rotatable bonds is 0. The zero-order valence-corrected chi connectivity index (χ0v) is 4.76. The topological polar surface area (TPSA) is 23.1 Å². The molecule has 6 heavy (non-hydrogen) atoms. The van der Waals surface area contributed by atoms with E-state index in [4.69, 9.17) is 5.11 Å². The van der Waals surface area contributed by atoms with Crippen LogP contribution in [0.2, 0.25) is 0 Å². The van der Waals surface area contributed by atoms with Crippen molar-refractivity contribution >= 4 is 23.9 Å². The molecular weight excluding hydrogens is 183 g/mol. The molecule has 0 saturated heterocycles. The van der Waals surface area contributed by atoms with Gasteiger partial charge in [0, 0.05) is 23.9 Å². The maximum Gasteiger partial charge on any atom is 0 e. The van der Waals surface area contributed by atoms with Gasteiger partial charge < -0.3 is 5.11 Å². The van der Waals surface area contributed by atoms with E-state index in [9.17, 15) is 0 Å². The summed E-state index contributed by atoms with van der Waals surface area (Å²) in [6.07, 6.45) is 0. The molecule has 0 aromatic carbocycles. The molecule has 0 N–H and O–H groups in total. The minimum absolute atomic E-state index is 0. The van der Waals surface area contributed by atoms with Crippen molar-refractivity contribution in [1.82, 2.24) is 0 Å². The van der Waals surface area contributed by atoms with Crippen LogP contribution in [-0.4, -0.2) is 31.0 Å². The summed E-state index contributed by atoms with van der Waals surface area (Å²) in [4.78, 5) is 0. The molecule has 0 heterocycles. The Kier molecular flexibility index (Phi) is 2740. The van der Waals surface area contributed by atoms with E-state index in [0.29, 0.717) is 0 Å². The smallest absolute Gasteiger partial charge is 0 e. The van der Waals surface area contributed by atoms with E-state index in [-0.39, 0.29) is 46.2 Å². The van der Waals surface area contributed by atoms with Crippen LogP contribution in [0.3, 0.4) is 0 Å². The first kappa shape index (κ1) is 72.5. The molecular formula is C4H15OSn-. The van der Waals surface area contributed by atoms with Gasteiger partial charge in [-0.15, -0.1) is 0 Å². The molecule has 0 spiro atoms. The SMILES string of the molecule is C.C.C.C[O-].[Sn]. The van der Waals surface area contributed by atoms with Crippen LogP contribution >= 0.6 is 0 Å². The normalized spacial score (nSPS) is 1.00. The summed E-state index contributed by atoms with van der Waals surface area (Å²) < 4.78 is 0. The van der Waals surface area contributed by atoms with Gasteiger partial charge in [-0.1, -0.05) is 22.3 Å². The standard InChI is InChI=1S/CH3O.3CH4.Sn/c1-2;;;;/h1H3;3*1H4;/q-1;;;;. The van der Waals surface area contributed by atoms with Gasteiger partial charge in [-0.25, -0.2) is 0 Å². The molecule has 4 radical (unpaired) electrons. The molecule has 0 fully saturated rings. The molecule has 0 aliphatic heterocycles. The molecule has 1 nitrogen and oxygen atoms in total. The van der Waals surface area contributed by atoms with Crippen LogP contribution in [0.1, 0.15) is 22.3 Å². The van der Waals surface area contributed by atoms with Crippen LogP contribution in [0.25, 0.3) is 0 Å². The van der Waals surface area contributed by atoms with E-state index < -0.39 is 0 Å². The Labute approximate surface area is 58.7 Å². The zero-order valence-electron chi connectivity index (χ0n) is 1.91. The van der Waals surface area contributed by atoms with E-state index >= 15 is 0 Å². The second-order valence-corrected chi connectivity index (χ2v) is 0. The van der Waals surface area contributed by atoms with Gasteiger partial charge in [0.25, 0.3) is 0 Å². The summed E-state index contributed by atoms with van der Waals surface area (Å²) in [5, 5.41) is 8.25. The first-order valence-electron chi connectivity index (χ1n) is 0.408. The number of hydrogen-bond donors (Lipinski definition) is 0. The molecule has 0 amide bonds. The van der Waals surface area contributed by atoms with Gasteiger partial charge in [-0.05, 0) is 0 Å². The minimum Gasteiger partial charge on any atom is -0.857 e. The quantitative estimate of drug-likeness (QED) is 0.519. The van der Waals surface area contributed by atoms with Gasteiger partial charge in [-0.2, -0.15) is 7.11 Å². The van der Waals surface area contributed by atoms with Gasteiger partial charge in [0.1, 0.15) is 0 Å². The van der Waals surface area contributed by atoms with Crippen LogP contribution in [0, 0.1) is 0 Å². The molecule has 42 valence electrons. The molecule has 2 heteroatoms. The monoisotopic (exact) mass is 199 g/mol. The fourth-order valence-electron chi connectivity index (χ4n) is 0. The molecule has 0 saturated carbocycles. The van der Waals surface area contributed by atoms with Crippen molar-refractivity contribution in [3.63, 3.8) is 0 Å². The van der Waals surface area contributed by atoms with Crippen LogP contribution in [0.4, 0.5) is 0 Å². The van der Waals surface area contributed by atoms with Gasteiger partial charge in [0.15, 0.2) is 0 Å². The Hall–Kier alpha value is 0.759. The van der Waals surface area contributed by atoms with Crippen LogP contribution in [0.5, 0.6) is 0 Å². The molecule has 0 unspecified atom stereocenters. The molecule has 0 atom stereocenters. The van der Waals surface area contributed by atoms with Gasteiger partial charge >= 0.3 is 0 Å². The summed E-state index contributed by atoms with van der Waals surface area (Å²) in [5.74, 6) is 0. The Morgan fingerprint density at radius 3 is 0.833 bits per heavy atom. The van der Waals surface area contributed by atoms with Gasteiger partial charge in [-0.3, -0.25) is 0 Å². The van der Waals surface area contributed by atoms with Gasteiger partial charge in [0.05, 0.1) is 0 Å². The molecule has 0 aromatic rings. The zero-order chi connectivity index (χ0) is 2.00. The summed E-state index contributed by atoms with van der Waals surface area (Å²) in [5.41, 5.74) is 0. The third-order valence-electron chi connectivity index (χ3n) is 0. The maximum atomic E-state index is 8.25. The van der Waals surface area contributed by atoms with Crippen molar-refractivity contribution in [2.45, 2.75) is 22.3 Å². The average molecular weight is 198 g/mol. The first-order valence-corrected chi connectivity index (χ1v) is 0.408.